The highest BCUT2D eigenvalue weighted by atomic mass is 16.5. The monoisotopic (exact) mass is 247 g/mol. The van der Waals surface area contributed by atoms with E-state index in [0.29, 0.717) is 22.8 Å². The number of aromatic amines is 1. The third kappa shape index (κ3) is 2.45. The smallest absolute Gasteiger partial charge is 0.261 e. The third-order valence-corrected chi connectivity index (χ3v) is 2.34. The summed E-state index contributed by atoms with van der Waals surface area (Å²) in [7, 11) is 1.51. The number of carbonyl (C=O) groups is 1. The number of amides is 1. The van der Waals surface area contributed by atoms with Crippen LogP contribution in [0.5, 0.6) is 5.88 Å². The van der Waals surface area contributed by atoms with Gasteiger partial charge in [0.25, 0.3) is 5.91 Å². The van der Waals surface area contributed by atoms with Crippen LogP contribution in [0, 0.1) is 13.8 Å². The molecule has 0 aliphatic heterocycles. The van der Waals surface area contributed by atoms with Crippen molar-refractivity contribution >= 4 is 11.9 Å². The van der Waals surface area contributed by atoms with Crippen LogP contribution in [0.2, 0.25) is 0 Å². The molecule has 2 heterocycles. The number of nitrogens with zero attached hydrogens (tertiary/aromatic N) is 3. The molecule has 2 rings (SSSR count). The number of nitrogens with one attached hydrogen (secondary N) is 2. The minimum Gasteiger partial charge on any atom is -0.481 e. The number of hydrogen-bond donors (Lipinski definition) is 2. The van der Waals surface area contributed by atoms with Crippen molar-refractivity contribution < 1.29 is 9.53 Å². The Labute approximate surface area is 104 Å². The molecule has 18 heavy (non-hydrogen) atoms. The van der Waals surface area contributed by atoms with Gasteiger partial charge in [0.2, 0.25) is 11.8 Å². The second-order valence-corrected chi connectivity index (χ2v) is 3.74. The second-order valence-electron chi connectivity index (χ2n) is 3.74. The van der Waals surface area contributed by atoms with Gasteiger partial charge >= 0.3 is 0 Å². The Morgan fingerprint density at radius 1 is 1.39 bits per heavy atom. The number of H-pyrrole nitrogens is 1. The van der Waals surface area contributed by atoms with Gasteiger partial charge in [-0.2, -0.15) is 10.1 Å². The number of aromatic nitrogens is 4. The first-order chi connectivity index (χ1) is 8.60. The zero-order valence-electron chi connectivity index (χ0n) is 10.3. The molecule has 0 saturated heterocycles. The summed E-state index contributed by atoms with van der Waals surface area (Å²) in [6.07, 6.45) is 1.46. The second kappa shape index (κ2) is 4.82. The molecule has 0 spiro atoms. The van der Waals surface area contributed by atoms with Gasteiger partial charge in [-0.25, -0.2) is 4.98 Å². The summed E-state index contributed by atoms with van der Waals surface area (Å²) < 4.78 is 5.01. The van der Waals surface area contributed by atoms with Crippen molar-refractivity contribution in [2.75, 3.05) is 12.4 Å². The minimum absolute atomic E-state index is 0.206. The molecule has 0 aromatic carbocycles. The maximum absolute atomic E-state index is 11.9. The molecule has 0 fully saturated rings. The Morgan fingerprint density at radius 2 is 2.17 bits per heavy atom. The van der Waals surface area contributed by atoms with E-state index >= 15 is 0 Å². The first kappa shape index (κ1) is 12.0. The molecule has 0 bridgehead atoms. The Bertz CT molecular complexity index is 579. The lowest BCUT2D eigenvalue weighted by Crippen LogP contribution is -2.15. The van der Waals surface area contributed by atoms with Crippen LogP contribution in [0.4, 0.5) is 5.95 Å². The van der Waals surface area contributed by atoms with Crippen LogP contribution in [0.1, 0.15) is 21.7 Å². The Kier molecular flexibility index (Phi) is 3.22. The molecule has 2 aromatic rings. The van der Waals surface area contributed by atoms with Crippen LogP contribution in [0.15, 0.2) is 12.3 Å². The largest absolute Gasteiger partial charge is 0.481 e. The highest BCUT2D eigenvalue weighted by Crippen LogP contribution is 2.12. The fourth-order valence-electron chi connectivity index (χ4n) is 1.45. The summed E-state index contributed by atoms with van der Waals surface area (Å²) in [5, 5.41) is 9.08. The standard InChI is InChI=1S/C11H13N5O2/c1-6-4-9(18-3)14-11(13-6)15-10(17)8-5-12-16-7(8)2/h4-5H,1-3H3,(H,12,16)(H,13,14,15,17). The Morgan fingerprint density at radius 3 is 2.78 bits per heavy atom. The zero-order valence-corrected chi connectivity index (χ0v) is 10.3. The predicted octanol–water partition coefficient (Wildman–Crippen LogP) is 1.08. The van der Waals surface area contributed by atoms with Crippen molar-refractivity contribution in [3.8, 4) is 5.88 Å². The van der Waals surface area contributed by atoms with Crippen molar-refractivity contribution in [1.29, 1.82) is 0 Å². The average molecular weight is 247 g/mol. The average Bonchev–Trinajstić information content (AvgIpc) is 2.74. The Balaban J connectivity index is 2.22. The van der Waals surface area contributed by atoms with Crippen molar-refractivity contribution in [1.82, 2.24) is 20.2 Å². The molecule has 0 aliphatic carbocycles. The van der Waals surface area contributed by atoms with Gasteiger partial charge in [0, 0.05) is 17.5 Å². The van der Waals surface area contributed by atoms with Gasteiger partial charge in [0.05, 0.1) is 18.9 Å². The SMILES string of the molecule is COc1cc(C)nc(NC(=O)c2cn[nH]c2C)n1. The summed E-state index contributed by atoms with van der Waals surface area (Å²) in [5.41, 5.74) is 1.85. The van der Waals surface area contributed by atoms with E-state index in [9.17, 15) is 4.79 Å². The van der Waals surface area contributed by atoms with Gasteiger partial charge < -0.3 is 4.74 Å². The number of anilines is 1. The van der Waals surface area contributed by atoms with Crippen LogP contribution in [0.3, 0.4) is 0 Å². The van der Waals surface area contributed by atoms with Gasteiger partial charge in [-0.15, -0.1) is 0 Å². The molecule has 1 amide bonds. The van der Waals surface area contributed by atoms with Crippen molar-refractivity contribution in [3.05, 3.63) is 29.2 Å². The summed E-state index contributed by atoms with van der Waals surface area (Å²) >= 11 is 0. The van der Waals surface area contributed by atoms with Gasteiger partial charge in [0.15, 0.2) is 0 Å². The lowest BCUT2D eigenvalue weighted by Gasteiger charge is -2.05. The molecule has 0 atom stereocenters. The molecular weight excluding hydrogens is 234 g/mol. The van der Waals surface area contributed by atoms with E-state index < -0.39 is 0 Å². The van der Waals surface area contributed by atoms with Gasteiger partial charge in [0.1, 0.15) is 0 Å². The quantitative estimate of drug-likeness (QED) is 0.846. The maximum Gasteiger partial charge on any atom is 0.261 e. The first-order valence-corrected chi connectivity index (χ1v) is 5.31. The Hall–Kier alpha value is -2.44. The molecule has 0 unspecified atom stereocenters. The number of methoxy groups -OCH3 is 1. The summed E-state index contributed by atoms with van der Waals surface area (Å²) in [4.78, 5) is 20.1. The number of carbonyl (C=O) groups excluding carboxylic acids is 1. The van der Waals surface area contributed by atoms with E-state index in [1.165, 1.54) is 13.3 Å². The fourth-order valence-corrected chi connectivity index (χ4v) is 1.45. The lowest BCUT2D eigenvalue weighted by atomic mass is 10.2. The van der Waals surface area contributed by atoms with E-state index in [0.717, 1.165) is 0 Å². The molecule has 7 heteroatoms. The molecular formula is C11H13N5O2. The minimum atomic E-state index is -0.311. The summed E-state index contributed by atoms with van der Waals surface area (Å²) in [6.45, 7) is 3.56. The molecule has 0 saturated carbocycles. The fraction of sp³-hybridized carbons (Fsp3) is 0.273. The van der Waals surface area contributed by atoms with Gasteiger partial charge in [-0.3, -0.25) is 15.2 Å². The summed E-state index contributed by atoms with van der Waals surface area (Å²) in [5.74, 6) is 0.299. The van der Waals surface area contributed by atoms with E-state index in [1.807, 2.05) is 0 Å². The highest BCUT2D eigenvalue weighted by Gasteiger charge is 2.13. The number of ether oxygens (including phenoxy) is 1. The summed E-state index contributed by atoms with van der Waals surface area (Å²) in [6, 6.07) is 1.68. The molecule has 0 aliphatic rings. The molecule has 7 nitrogen and oxygen atoms in total. The van der Waals surface area contributed by atoms with E-state index in [4.69, 9.17) is 4.74 Å². The van der Waals surface area contributed by atoms with E-state index in [-0.39, 0.29) is 11.9 Å². The van der Waals surface area contributed by atoms with Crippen molar-refractivity contribution in [2.24, 2.45) is 0 Å². The number of aryl methyl sites for hydroxylation is 2. The third-order valence-electron chi connectivity index (χ3n) is 2.34. The number of rotatable bonds is 3. The van der Waals surface area contributed by atoms with Gasteiger partial charge in [-0.1, -0.05) is 0 Å². The zero-order chi connectivity index (χ0) is 13.1. The van der Waals surface area contributed by atoms with Gasteiger partial charge in [-0.05, 0) is 13.8 Å². The van der Waals surface area contributed by atoms with Crippen LogP contribution < -0.4 is 10.1 Å². The van der Waals surface area contributed by atoms with E-state index in [2.05, 4.69) is 25.5 Å². The topological polar surface area (TPSA) is 92.8 Å². The van der Waals surface area contributed by atoms with Crippen LogP contribution in [-0.4, -0.2) is 33.2 Å². The van der Waals surface area contributed by atoms with Crippen molar-refractivity contribution in [3.63, 3.8) is 0 Å². The molecule has 2 N–H and O–H groups in total. The molecule has 2 aromatic heterocycles. The maximum atomic E-state index is 11.9. The highest BCUT2D eigenvalue weighted by molar-refractivity contribution is 6.03. The predicted molar refractivity (Wildman–Crippen MR) is 64.6 cm³/mol. The molecule has 0 radical (unpaired) electrons. The van der Waals surface area contributed by atoms with E-state index in [1.54, 1.807) is 19.9 Å². The molecule has 94 valence electrons. The lowest BCUT2D eigenvalue weighted by molar-refractivity contribution is 0.102. The number of hydrogen-bond acceptors (Lipinski definition) is 5. The van der Waals surface area contributed by atoms with Crippen LogP contribution in [-0.2, 0) is 0 Å². The normalized spacial score (nSPS) is 10.2. The van der Waals surface area contributed by atoms with Crippen LogP contribution >= 0.6 is 0 Å². The van der Waals surface area contributed by atoms with Crippen LogP contribution in [0.25, 0.3) is 0 Å². The van der Waals surface area contributed by atoms with Crippen molar-refractivity contribution in [2.45, 2.75) is 13.8 Å². The first-order valence-electron chi connectivity index (χ1n) is 5.31.